The van der Waals surface area contributed by atoms with Gasteiger partial charge in [-0.1, -0.05) is 11.6 Å². The molecule has 0 radical (unpaired) electrons. The number of aliphatic imine (C=N–C) groups is 1. The lowest BCUT2D eigenvalue weighted by molar-refractivity contribution is 0.194. The summed E-state index contributed by atoms with van der Waals surface area (Å²) in [5.41, 5.74) is 6.25. The van der Waals surface area contributed by atoms with Crippen molar-refractivity contribution in [1.29, 1.82) is 5.26 Å². The van der Waals surface area contributed by atoms with Crippen molar-refractivity contribution in [1.82, 2.24) is 4.98 Å². The standard InChI is InChI=1S/C18H17ClN4O3S2/c1-17(10-28(24,25)18(16(21)23-17)2-3-26-9-18)15-13(19)5-14(27-15)12-4-11(6-20)7-22-8-12/h4-5,7-8H,2-3,9-10H2,1H3,(H2,21,23). The van der Waals surface area contributed by atoms with Crippen LogP contribution in [0.3, 0.4) is 0 Å². The topological polar surface area (TPSA) is 118 Å². The van der Waals surface area contributed by atoms with Gasteiger partial charge in [-0.2, -0.15) is 5.26 Å². The predicted molar refractivity (Wildman–Crippen MR) is 108 cm³/mol. The van der Waals surface area contributed by atoms with Gasteiger partial charge in [0.15, 0.2) is 14.6 Å². The Morgan fingerprint density at radius 3 is 2.82 bits per heavy atom. The van der Waals surface area contributed by atoms with Crippen LogP contribution in [0.1, 0.15) is 23.8 Å². The fourth-order valence-electron chi connectivity index (χ4n) is 3.69. The van der Waals surface area contributed by atoms with Crippen LogP contribution in [-0.2, 0) is 20.1 Å². The quantitative estimate of drug-likeness (QED) is 0.772. The van der Waals surface area contributed by atoms with E-state index in [4.69, 9.17) is 27.3 Å². The number of aromatic nitrogens is 1. The SMILES string of the molecule is CC1(c2sc(-c3cncc(C#N)c3)cc2Cl)CS(=O)(=O)C2(CCOC2)C(N)=N1. The number of hydrogen-bond acceptors (Lipinski definition) is 8. The average Bonchev–Trinajstić information content (AvgIpc) is 3.28. The molecule has 7 nitrogen and oxygen atoms in total. The van der Waals surface area contributed by atoms with E-state index in [1.165, 1.54) is 17.5 Å². The van der Waals surface area contributed by atoms with Crippen molar-refractivity contribution in [2.75, 3.05) is 19.0 Å². The van der Waals surface area contributed by atoms with Crippen LogP contribution in [0.5, 0.6) is 0 Å². The van der Waals surface area contributed by atoms with E-state index in [1.54, 1.807) is 25.3 Å². The Bertz CT molecular complexity index is 1130. The van der Waals surface area contributed by atoms with Gasteiger partial charge in [-0.15, -0.1) is 11.3 Å². The number of amidine groups is 1. The summed E-state index contributed by atoms with van der Waals surface area (Å²) in [5, 5.41) is 9.49. The van der Waals surface area contributed by atoms with Crippen molar-refractivity contribution in [2.24, 2.45) is 10.7 Å². The normalized spacial score (nSPS) is 28.8. The van der Waals surface area contributed by atoms with Crippen molar-refractivity contribution in [3.8, 4) is 16.5 Å². The molecule has 0 saturated carbocycles. The Morgan fingerprint density at radius 1 is 1.39 bits per heavy atom. The minimum Gasteiger partial charge on any atom is -0.386 e. The number of nitrogens with two attached hydrogens (primary N) is 1. The van der Waals surface area contributed by atoms with Gasteiger partial charge in [0.25, 0.3) is 0 Å². The minimum atomic E-state index is -3.60. The zero-order chi connectivity index (χ0) is 20.2. The van der Waals surface area contributed by atoms with Gasteiger partial charge in [0.05, 0.1) is 27.8 Å². The van der Waals surface area contributed by atoms with Crippen LogP contribution >= 0.6 is 22.9 Å². The van der Waals surface area contributed by atoms with Crippen LogP contribution in [0.15, 0.2) is 29.5 Å². The second kappa shape index (κ2) is 6.52. The molecular weight excluding hydrogens is 420 g/mol. The maximum absolute atomic E-state index is 13.2. The minimum absolute atomic E-state index is 0.0385. The van der Waals surface area contributed by atoms with Crippen LogP contribution in [0, 0.1) is 11.3 Å². The summed E-state index contributed by atoms with van der Waals surface area (Å²) >= 11 is 7.81. The number of hydrogen-bond donors (Lipinski definition) is 1. The third-order valence-corrected chi connectivity index (χ3v) is 9.72. The highest BCUT2D eigenvalue weighted by Gasteiger charge is 2.57. The van der Waals surface area contributed by atoms with Gasteiger partial charge >= 0.3 is 0 Å². The lowest BCUT2D eigenvalue weighted by atomic mass is 10.0. The van der Waals surface area contributed by atoms with Crippen molar-refractivity contribution in [3.05, 3.63) is 40.0 Å². The summed E-state index contributed by atoms with van der Waals surface area (Å²) in [6.45, 7) is 2.11. The molecule has 2 aliphatic rings. The van der Waals surface area contributed by atoms with Crippen LogP contribution in [0.2, 0.25) is 5.02 Å². The summed E-state index contributed by atoms with van der Waals surface area (Å²) in [7, 11) is -3.60. The van der Waals surface area contributed by atoms with E-state index in [-0.39, 0.29) is 18.2 Å². The average molecular weight is 437 g/mol. The fraction of sp³-hybridized carbons (Fsp3) is 0.389. The van der Waals surface area contributed by atoms with Crippen LogP contribution in [0.25, 0.3) is 10.4 Å². The maximum atomic E-state index is 13.2. The lowest BCUT2D eigenvalue weighted by Gasteiger charge is -2.38. The number of halogens is 1. The van der Waals surface area contributed by atoms with Crippen molar-refractivity contribution in [3.63, 3.8) is 0 Å². The summed E-state index contributed by atoms with van der Waals surface area (Å²) in [4.78, 5) is 10.1. The summed E-state index contributed by atoms with van der Waals surface area (Å²) < 4.78 is 30.4. The molecule has 1 saturated heterocycles. The Morgan fingerprint density at radius 2 is 2.18 bits per heavy atom. The Labute approximate surface area is 171 Å². The van der Waals surface area contributed by atoms with Gasteiger partial charge in [0, 0.05) is 29.4 Å². The second-order valence-corrected chi connectivity index (χ2v) is 10.9. The molecule has 1 spiro atoms. The number of pyridine rings is 1. The Balaban J connectivity index is 1.80. The zero-order valence-electron chi connectivity index (χ0n) is 15.0. The third-order valence-electron chi connectivity index (χ3n) is 5.21. The molecular formula is C18H17ClN4O3S2. The van der Waals surface area contributed by atoms with Crippen molar-refractivity contribution in [2.45, 2.75) is 23.6 Å². The van der Waals surface area contributed by atoms with E-state index < -0.39 is 20.1 Å². The van der Waals surface area contributed by atoms with Gasteiger partial charge in [0.1, 0.15) is 17.4 Å². The highest BCUT2D eigenvalue weighted by atomic mass is 35.5. The molecule has 2 N–H and O–H groups in total. The van der Waals surface area contributed by atoms with Gasteiger partial charge in [-0.25, -0.2) is 8.42 Å². The molecule has 2 aromatic heterocycles. The Kier molecular flexibility index (Phi) is 4.50. The molecule has 0 amide bonds. The summed E-state index contributed by atoms with van der Waals surface area (Å²) in [6.07, 6.45) is 3.43. The van der Waals surface area contributed by atoms with E-state index in [9.17, 15) is 8.42 Å². The second-order valence-electron chi connectivity index (χ2n) is 7.19. The van der Waals surface area contributed by atoms with Crippen LogP contribution < -0.4 is 5.73 Å². The summed E-state index contributed by atoms with van der Waals surface area (Å²) in [6, 6.07) is 5.51. The number of sulfone groups is 1. The molecule has 2 aromatic rings. The smallest absolute Gasteiger partial charge is 0.168 e. The molecule has 28 heavy (non-hydrogen) atoms. The molecule has 146 valence electrons. The molecule has 4 rings (SSSR count). The zero-order valence-corrected chi connectivity index (χ0v) is 17.4. The van der Waals surface area contributed by atoms with E-state index >= 15 is 0 Å². The van der Waals surface area contributed by atoms with Crippen molar-refractivity contribution < 1.29 is 13.2 Å². The van der Waals surface area contributed by atoms with Crippen molar-refractivity contribution >= 4 is 38.6 Å². The molecule has 1 fully saturated rings. The van der Waals surface area contributed by atoms with Gasteiger partial charge in [-0.3, -0.25) is 9.98 Å². The number of nitriles is 1. The molecule has 10 heteroatoms. The largest absolute Gasteiger partial charge is 0.386 e. The maximum Gasteiger partial charge on any atom is 0.168 e. The first-order valence-corrected chi connectivity index (χ1v) is 11.4. The molecule has 0 bridgehead atoms. The number of rotatable bonds is 2. The highest BCUT2D eigenvalue weighted by Crippen LogP contribution is 2.47. The number of nitrogens with zero attached hydrogens (tertiary/aromatic N) is 3. The first kappa shape index (κ1) is 19.3. The molecule has 0 aliphatic carbocycles. The third kappa shape index (κ3) is 2.83. The highest BCUT2D eigenvalue weighted by molar-refractivity contribution is 7.93. The van der Waals surface area contributed by atoms with Gasteiger partial charge in [0.2, 0.25) is 0 Å². The number of thiophene rings is 1. The van der Waals surface area contributed by atoms with Gasteiger partial charge < -0.3 is 10.5 Å². The Hall–Kier alpha value is -1.99. The van der Waals surface area contributed by atoms with Crippen LogP contribution in [0.4, 0.5) is 0 Å². The first-order valence-electron chi connectivity index (χ1n) is 8.52. The first-order chi connectivity index (χ1) is 13.2. The number of ether oxygens (including phenoxy) is 1. The molecule has 2 atom stereocenters. The van der Waals surface area contributed by atoms with E-state index in [0.717, 1.165) is 10.4 Å². The van der Waals surface area contributed by atoms with E-state index in [1.807, 2.05) is 0 Å². The molecule has 0 aromatic carbocycles. The molecule has 2 aliphatic heterocycles. The summed E-state index contributed by atoms with van der Waals surface area (Å²) in [5.74, 6) is -0.113. The van der Waals surface area contributed by atoms with E-state index in [2.05, 4.69) is 16.0 Å². The lowest BCUT2D eigenvalue weighted by Crippen LogP contribution is -2.58. The van der Waals surface area contributed by atoms with E-state index in [0.29, 0.717) is 28.5 Å². The molecule has 2 unspecified atom stereocenters. The van der Waals surface area contributed by atoms with Crippen LogP contribution in [-0.4, -0.2) is 43.0 Å². The molecule has 4 heterocycles. The monoisotopic (exact) mass is 436 g/mol. The van der Waals surface area contributed by atoms with Gasteiger partial charge in [-0.05, 0) is 25.5 Å². The predicted octanol–water partition coefficient (Wildman–Crippen LogP) is 2.50. The fourth-order valence-corrected chi connectivity index (χ4v) is 7.64.